The molecule has 0 aliphatic rings. The lowest BCUT2D eigenvalue weighted by Gasteiger charge is -2.26. The second-order valence-corrected chi connectivity index (χ2v) is 14.6. The fourth-order valence-corrected chi connectivity index (χ4v) is 8.98. The van der Waals surface area contributed by atoms with Crippen LogP contribution < -0.4 is 4.90 Å². The van der Waals surface area contributed by atoms with Crippen molar-refractivity contribution in [1.82, 2.24) is 4.98 Å². The number of thiophene rings is 1. The maximum Gasteiger partial charge on any atom is 0.227 e. The van der Waals surface area contributed by atoms with Crippen LogP contribution in [0.3, 0.4) is 0 Å². The molecule has 0 atom stereocenters. The van der Waals surface area contributed by atoms with Gasteiger partial charge in [-0.25, -0.2) is 4.98 Å². The van der Waals surface area contributed by atoms with Gasteiger partial charge in [-0.3, -0.25) is 0 Å². The molecule has 0 saturated carbocycles. The molecule has 0 N–H and O–H groups in total. The molecule has 54 heavy (non-hydrogen) atoms. The number of oxazole rings is 1. The van der Waals surface area contributed by atoms with Crippen LogP contribution in [0.2, 0.25) is 0 Å². The molecule has 0 unspecified atom stereocenters. The van der Waals surface area contributed by atoms with Crippen LogP contribution in [0.15, 0.2) is 191 Å². The Morgan fingerprint density at radius 2 is 1.13 bits per heavy atom. The maximum absolute atomic E-state index is 6.49. The number of nitrogens with zero attached hydrogens (tertiary/aromatic N) is 2. The van der Waals surface area contributed by atoms with Crippen molar-refractivity contribution in [3.05, 3.63) is 182 Å². The average molecular weight is 711 g/mol. The molecule has 0 aliphatic heterocycles. The van der Waals surface area contributed by atoms with E-state index < -0.39 is 0 Å². The van der Waals surface area contributed by atoms with E-state index in [1.165, 1.54) is 36.9 Å². The zero-order valence-corrected chi connectivity index (χ0v) is 29.8. The quantitative estimate of drug-likeness (QED) is 0.172. The van der Waals surface area contributed by atoms with Crippen molar-refractivity contribution in [3.8, 4) is 33.7 Å². The highest BCUT2D eigenvalue weighted by atomic mass is 32.1. The Labute approximate surface area is 314 Å². The Balaban J connectivity index is 1.08. The van der Waals surface area contributed by atoms with Crippen LogP contribution in [-0.2, 0) is 0 Å². The second-order valence-electron chi connectivity index (χ2n) is 13.5. The molecule has 5 heteroatoms. The number of anilines is 3. The number of hydrogen-bond donors (Lipinski definition) is 0. The van der Waals surface area contributed by atoms with Crippen LogP contribution in [0.1, 0.15) is 0 Å². The zero-order chi connectivity index (χ0) is 35.6. The standard InChI is InChI=1S/C49H30N2O2S/c1-3-11-31(12-4-1)34-15-9-16-36(29-34)51(35-23-21-32(22-24-35)38-18-10-19-40-39-17-7-8-20-45(39)54-48(38)40)37-25-27-43-41(30-37)46-44(52-43)28-26-42-47(46)53-49(50-42)33-13-5-2-6-14-33/h1-30H. The Bertz CT molecular complexity index is 3160. The predicted octanol–water partition coefficient (Wildman–Crippen LogP) is 14.6. The van der Waals surface area contributed by atoms with Gasteiger partial charge in [0.2, 0.25) is 5.89 Å². The van der Waals surface area contributed by atoms with Crippen molar-refractivity contribution in [2.45, 2.75) is 0 Å². The van der Waals surface area contributed by atoms with Crippen molar-refractivity contribution in [2.75, 3.05) is 4.90 Å². The monoisotopic (exact) mass is 710 g/mol. The van der Waals surface area contributed by atoms with Crippen LogP contribution in [-0.4, -0.2) is 4.98 Å². The van der Waals surface area contributed by atoms with Crippen LogP contribution in [0.4, 0.5) is 17.1 Å². The molecule has 3 aromatic heterocycles. The van der Waals surface area contributed by atoms with Gasteiger partial charge in [-0.15, -0.1) is 11.3 Å². The molecule has 0 aliphatic carbocycles. The van der Waals surface area contributed by atoms with Gasteiger partial charge in [-0.2, -0.15) is 0 Å². The molecule has 3 heterocycles. The summed E-state index contributed by atoms with van der Waals surface area (Å²) in [5, 5.41) is 4.50. The minimum absolute atomic E-state index is 0.592. The summed E-state index contributed by atoms with van der Waals surface area (Å²) in [6, 6.07) is 64.0. The van der Waals surface area contributed by atoms with Crippen LogP contribution in [0.5, 0.6) is 0 Å². The highest BCUT2D eigenvalue weighted by Crippen LogP contribution is 2.44. The summed E-state index contributed by atoms with van der Waals surface area (Å²) in [4.78, 5) is 7.18. The predicted molar refractivity (Wildman–Crippen MR) is 225 cm³/mol. The van der Waals surface area contributed by atoms with E-state index in [2.05, 4.69) is 144 Å². The second kappa shape index (κ2) is 12.3. The van der Waals surface area contributed by atoms with Crippen molar-refractivity contribution >= 4 is 81.6 Å². The van der Waals surface area contributed by atoms with Crippen molar-refractivity contribution in [2.24, 2.45) is 0 Å². The largest absolute Gasteiger partial charge is 0.456 e. The third kappa shape index (κ3) is 5.01. The van der Waals surface area contributed by atoms with Gasteiger partial charge in [0.25, 0.3) is 0 Å². The van der Waals surface area contributed by atoms with E-state index in [0.717, 1.165) is 61.2 Å². The molecule has 0 bridgehead atoms. The first kappa shape index (κ1) is 30.7. The molecular formula is C49H30N2O2S. The number of furan rings is 1. The Morgan fingerprint density at radius 1 is 0.444 bits per heavy atom. The average Bonchev–Trinajstić information content (AvgIpc) is 3.95. The van der Waals surface area contributed by atoms with Crippen molar-refractivity contribution < 1.29 is 8.83 Å². The van der Waals surface area contributed by atoms with Gasteiger partial charge in [-0.1, -0.05) is 109 Å². The smallest absolute Gasteiger partial charge is 0.227 e. The zero-order valence-electron chi connectivity index (χ0n) is 28.9. The first-order valence-corrected chi connectivity index (χ1v) is 18.8. The number of fused-ring (bicyclic) bond motifs is 8. The molecule has 0 saturated heterocycles. The molecule has 4 nitrogen and oxygen atoms in total. The van der Waals surface area contributed by atoms with Gasteiger partial charge < -0.3 is 13.7 Å². The third-order valence-electron chi connectivity index (χ3n) is 10.3. The van der Waals surface area contributed by atoms with Gasteiger partial charge in [0.15, 0.2) is 5.58 Å². The van der Waals surface area contributed by atoms with Crippen LogP contribution in [0, 0.1) is 0 Å². The Hall–Kier alpha value is -6.95. The number of aromatic nitrogens is 1. The minimum Gasteiger partial charge on any atom is -0.456 e. The van der Waals surface area contributed by atoms with E-state index >= 15 is 0 Å². The summed E-state index contributed by atoms with van der Waals surface area (Å²) >= 11 is 1.86. The summed E-state index contributed by atoms with van der Waals surface area (Å²) < 4.78 is 15.5. The molecule has 0 spiro atoms. The lowest BCUT2D eigenvalue weighted by Crippen LogP contribution is -2.10. The Morgan fingerprint density at radius 3 is 1.98 bits per heavy atom. The summed E-state index contributed by atoms with van der Waals surface area (Å²) in [6.45, 7) is 0. The number of rotatable bonds is 6. The topological polar surface area (TPSA) is 42.4 Å². The molecule has 0 amide bonds. The molecular weight excluding hydrogens is 681 g/mol. The first-order chi connectivity index (χ1) is 26.7. The maximum atomic E-state index is 6.49. The van der Waals surface area contributed by atoms with E-state index in [0.29, 0.717) is 5.89 Å². The molecule has 0 radical (unpaired) electrons. The molecule has 8 aromatic carbocycles. The van der Waals surface area contributed by atoms with Gasteiger partial charge in [0.1, 0.15) is 16.7 Å². The van der Waals surface area contributed by atoms with Gasteiger partial charge in [-0.05, 0) is 95.1 Å². The van der Waals surface area contributed by atoms with Gasteiger partial charge in [0, 0.05) is 48.2 Å². The van der Waals surface area contributed by atoms with Gasteiger partial charge >= 0.3 is 0 Å². The van der Waals surface area contributed by atoms with Crippen molar-refractivity contribution in [1.29, 1.82) is 0 Å². The number of hydrogen-bond acceptors (Lipinski definition) is 5. The summed E-state index contributed by atoms with van der Waals surface area (Å²) in [5.74, 6) is 0.592. The van der Waals surface area contributed by atoms with E-state index in [-0.39, 0.29) is 0 Å². The Kier molecular flexibility index (Phi) is 7.00. The van der Waals surface area contributed by atoms with E-state index in [1.54, 1.807) is 0 Å². The fourth-order valence-electron chi connectivity index (χ4n) is 7.74. The highest BCUT2D eigenvalue weighted by molar-refractivity contribution is 7.26. The summed E-state index contributed by atoms with van der Waals surface area (Å²) in [6.07, 6.45) is 0. The lowest BCUT2D eigenvalue weighted by molar-refractivity contribution is 0.622. The summed E-state index contributed by atoms with van der Waals surface area (Å²) in [5.41, 5.74) is 11.9. The van der Waals surface area contributed by atoms with E-state index in [9.17, 15) is 0 Å². The van der Waals surface area contributed by atoms with Gasteiger partial charge in [0.05, 0.1) is 5.39 Å². The van der Waals surface area contributed by atoms with Crippen LogP contribution in [0.25, 0.3) is 86.9 Å². The van der Waals surface area contributed by atoms with E-state index in [4.69, 9.17) is 13.8 Å². The minimum atomic E-state index is 0.592. The SMILES string of the molecule is c1ccc(-c2cccc(N(c3ccc(-c4cccc5c4sc4ccccc45)cc3)c3ccc4oc5ccc6nc(-c7ccccc7)oc6c5c4c3)c2)cc1. The molecule has 11 rings (SSSR count). The first-order valence-electron chi connectivity index (χ1n) is 18.0. The van der Waals surface area contributed by atoms with E-state index in [1.807, 2.05) is 53.8 Å². The normalized spacial score (nSPS) is 11.7. The summed E-state index contributed by atoms with van der Waals surface area (Å²) in [7, 11) is 0. The molecule has 0 fully saturated rings. The lowest BCUT2D eigenvalue weighted by atomic mass is 10.0. The third-order valence-corrected chi connectivity index (χ3v) is 11.5. The molecule has 11 aromatic rings. The van der Waals surface area contributed by atoms with Crippen LogP contribution >= 0.6 is 11.3 Å². The number of benzene rings is 8. The van der Waals surface area contributed by atoms with Crippen molar-refractivity contribution in [3.63, 3.8) is 0 Å². The molecule has 254 valence electrons. The fraction of sp³-hybridized carbons (Fsp3) is 0. The highest BCUT2D eigenvalue weighted by Gasteiger charge is 2.20.